The van der Waals surface area contributed by atoms with Crippen molar-refractivity contribution >= 4 is 17.3 Å². The van der Waals surface area contributed by atoms with Crippen molar-refractivity contribution in [2.75, 3.05) is 37.6 Å². The van der Waals surface area contributed by atoms with Crippen molar-refractivity contribution in [1.29, 1.82) is 5.26 Å². The molecule has 0 aromatic heterocycles. The third-order valence-corrected chi connectivity index (χ3v) is 3.39. The first kappa shape index (κ1) is 14.7. The third-order valence-electron chi connectivity index (χ3n) is 3.39. The topological polar surface area (TPSA) is 116 Å². The molecule has 0 aliphatic carbocycles. The van der Waals surface area contributed by atoms with Crippen LogP contribution in [0, 0.1) is 21.4 Å². The van der Waals surface area contributed by atoms with Crippen molar-refractivity contribution in [1.82, 2.24) is 4.90 Å². The maximum Gasteiger partial charge on any atom is 0.292 e. The summed E-state index contributed by atoms with van der Waals surface area (Å²) >= 11 is 0. The Hall–Kier alpha value is -2.66. The summed E-state index contributed by atoms with van der Waals surface area (Å²) in [6.07, 6.45) is 0. The normalized spacial score (nSPS) is 15.5. The van der Waals surface area contributed by atoms with Gasteiger partial charge in [0.15, 0.2) is 0 Å². The van der Waals surface area contributed by atoms with Gasteiger partial charge in [0.25, 0.3) is 5.69 Å². The molecule has 0 saturated carbocycles. The second-order valence-corrected chi connectivity index (χ2v) is 4.80. The monoisotopic (exact) mass is 289 g/mol. The summed E-state index contributed by atoms with van der Waals surface area (Å²) in [5.41, 5.74) is 5.96. The van der Waals surface area contributed by atoms with Gasteiger partial charge in [0, 0.05) is 32.2 Å². The fourth-order valence-electron chi connectivity index (χ4n) is 2.37. The van der Waals surface area contributed by atoms with Crippen LogP contribution in [0.4, 0.5) is 11.4 Å². The number of hydrogen-bond acceptors (Lipinski definition) is 6. The number of nitriles is 1. The van der Waals surface area contributed by atoms with Crippen LogP contribution in [0.25, 0.3) is 0 Å². The Morgan fingerprint density at radius 2 is 2.05 bits per heavy atom. The largest absolute Gasteiger partial charge is 0.369 e. The number of anilines is 1. The first-order valence-electron chi connectivity index (χ1n) is 6.45. The summed E-state index contributed by atoms with van der Waals surface area (Å²) in [5, 5.41) is 20.0. The molecule has 0 radical (unpaired) electrons. The number of primary amides is 1. The van der Waals surface area contributed by atoms with Gasteiger partial charge in [-0.1, -0.05) is 0 Å². The van der Waals surface area contributed by atoms with E-state index < -0.39 is 4.92 Å². The van der Waals surface area contributed by atoms with Crippen molar-refractivity contribution in [3.05, 3.63) is 33.9 Å². The minimum Gasteiger partial charge on any atom is -0.369 e. The Bertz CT molecular complexity index is 602. The van der Waals surface area contributed by atoms with Gasteiger partial charge in [-0.15, -0.1) is 0 Å². The molecule has 1 aromatic rings. The van der Waals surface area contributed by atoms with Crippen molar-refractivity contribution in [2.24, 2.45) is 5.73 Å². The van der Waals surface area contributed by atoms with Crippen molar-refractivity contribution < 1.29 is 9.72 Å². The van der Waals surface area contributed by atoms with E-state index in [2.05, 4.69) is 0 Å². The summed E-state index contributed by atoms with van der Waals surface area (Å²) in [4.78, 5) is 25.3. The molecule has 1 amide bonds. The number of hydrogen-bond donors (Lipinski definition) is 1. The molecule has 1 fully saturated rings. The molecule has 1 heterocycles. The highest BCUT2D eigenvalue weighted by atomic mass is 16.6. The second-order valence-electron chi connectivity index (χ2n) is 4.80. The lowest BCUT2D eigenvalue weighted by Crippen LogP contribution is -2.49. The molecule has 0 atom stereocenters. The van der Waals surface area contributed by atoms with Gasteiger partial charge in [0.1, 0.15) is 5.69 Å². The number of nitro benzene ring substituents is 1. The van der Waals surface area contributed by atoms with E-state index in [0.717, 1.165) is 0 Å². The Labute approximate surface area is 121 Å². The molecular weight excluding hydrogens is 274 g/mol. The fourth-order valence-corrected chi connectivity index (χ4v) is 2.37. The van der Waals surface area contributed by atoms with Crippen LogP contribution < -0.4 is 10.6 Å². The van der Waals surface area contributed by atoms with Crippen LogP contribution in [0.2, 0.25) is 0 Å². The van der Waals surface area contributed by atoms with Crippen LogP contribution >= 0.6 is 0 Å². The molecule has 1 aliphatic heterocycles. The van der Waals surface area contributed by atoms with E-state index in [0.29, 0.717) is 37.4 Å². The fraction of sp³-hybridized carbons (Fsp3) is 0.385. The predicted octanol–water partition coefficient (Wildman–Crippen LogP) is 0.0738. The lowest BCUT2D eigenvalue weighted by atomic mass is 10.1. The number of nitro groups is 1. The molecule has 8 heteroatoms. The number of nitrogens with two attached hydrogens (primary N) is 1. The van der Waals surface area contributed by atoms with E-state index in [1.54, 1.807) is 0 Å². The first-order valence-corrected chi connectivity index (χ1v) is 6.45. The summed E-state index contributed by atoms with van der Waals surface area (Å²) in [6.45, 7) is 2.47. The maximum absolute atomic E-state index is 11.1. The molecule has 0 unspecified atom stereocenters. The van der Waals surface area contributed by atoms with Crippen LogP contribution in [0.15, 0.2) is 18.2 Å². The predicted molar refractivity (Wildman–Crippen MR) is 75.7 cm³/mol. The van der Waals surface area contributed by atoms with Gasteiger partial charge < -0.3 is 10.6 Å². The quantitative estimate of drug-likeness (QED) is 0.619. The van der Waals surface area contributed by atoms with Crippen molar-refractivity contribution in [2.45, 2.75) is 0 Å². The molecular formula is C13H15N5O3. The average molecular weight is 289 g/mol. The van der Waals surface area contributed by atoms with E-state index >= 15 is 0 Å². The molecule has 1 saturated heterocycles. The summed E-state index contributed by atoms with van der Waals surface area (Å²) < 4.78 is 0. The van der Waals surface area contributed by atoms with E-state index in [1.807, 2.05) is 15.9 Å². The Morgan fingerprint density at radius 3 is 2.57 bits per heavy atom. The molecule has 110 valence electrons. The average Bonchev–Trinajstić information content (AvgIpc) is 2.46. The van der Waals surface area contributed by atoms with Gasteiger partial charge in [0.2, 0.25) is 5.91 Å². The highest BCUT2D eigenvalue weighted by Crippen LogP contribution is 2.29. The van der Waals surface area contributed by atoms with E-state index in [9.17, 15) is 14.9 Å². The molecule has 8 nitrogen and oxygen atoms in total. The Morgan fingerprint density at radius 1 is 1.38 bits per heavy atom. The molecule has 21 heavy (non-hydrogen) atoms. The van der Waals surface area contributed by atoms with E-state index in [1.165, 1.54) is 18.2 Å². The summed E-state index contributed by atoms with van der Waals surface area (Å²) in [5.74, 6) is -0.388. The smallest absolute Gasteiger partial charge is 0.292 e. The lowest BCUT2D eigenvalue weighted by molar-refractivity contribution is -0.384. The highest BCUT2D eigenvalue weighted by Gasteiger charge is 2.24. The summed E-state index contributed by atoms with van der Waals surface area (Å²) in [7, 11) is 0. The van der Waals surface area contributed by atoms with E-state index in [4.69, 9.17) is 11.0 Å². The molecule has 1 aliphatic rings. The van der Waals surface area contributed by atoms with Crippen molar-refractivity contribution in [3.63, 3.8) is 0 Å². The number of piperazine rings is 1. The van der Waals surface area contributed by atoms with Gasteiger partial charge in [-0.3, -0.25) is 19.8 Å². The molecule has 1 aromatic carbocycles. The van der Waals surface area contributed by atoms with Gasteiger partial charge in [0.05, 0.1) is 23.1 Å². The Balaban J connectivity index is 2.17. The van der Waals surface area contributed by atoms with Crippen LogP contribution in [0.3, 0.4) is 0 Å². The zero-order valence-electron chi connectivity index (χ0n) is 11.4. The minimum absolute atomic E-state index is 0.0163. The van der Waals surface area contributed by atoms with Crippen LogP contribution in [0.5, 0.6) is 0 Å². The number of amides is 1. The molecule has 0 bridgehead atoms. The number of nitrogens with zero attached hydrogens (tertiary/aromatic N) is 4. The van der Waals surface area contributed by atoms with Crippen LogP contribution in [-0.2, 0) is 4.79 Å². The zero-order valence-corrected chi connectivity index (χ0v) is 11.4. The van der Waals surface area contributed by atoms with Gasteiger partial charge in [-0.2, -0.15) is 5.26 Å². The van der Waals surface area contributed by atoms with Crippen molar-refractivity contribution in [3.8, 4) is 6.07 Å². The summed E-state index contributed by atoms with van der Waals surface area (Å²) in [6, 6.07) is 6.30. The Kier molecular flexibility index (Phi) is 4.35. The van der Waals surface area contributed by atoms with Crippen LogP contribution in [-0.4, -0.2) is 48.5 Å². The molecule has 2 N–H and O–H groups in total. The number of carbonyl (C=O) groups excluding carboxylic acids is 1. The van der Waals surface area contributed by atoms with Gasteiger partial charge in [-0.05, 0) is 12.1 Å². The number of carbonyl (C=O) groups is 1. The first-order chi connectivity index (χ1) is 10.0. The van der Waals surface area contributed by atoms with Gasteiger partial charge >= 0.3 is 0 Å². The van der Waals surface area contributed by atoms with Crippen LogP contribution in [0.1, 0.15) is 5.56 Å². The SMILES string of the molecule is N#Cc1ccc([N+](=O)[O-])c(N2CCN(CC(N)=O)CC2)c1. The maximum atomic E-state index is 11.1. The lowest BCUT2D eigenvalue weighted by Gasteiger charge is -2.35. The second kappa shape index (κ2) is 6.19. The molecule has 2 rings (SSSR count). The standard InChI is InChI=1S/C13H15N5O3/c14-8-10-1-2-11(18(20)21)12(7-10)17-5-3-16(4-6-17)9-13(15)19/h1-2,7H,3-6,9H2,(H2,15,19). The van der Waals surface area contributed by atoms with E-state index in [-0.39, 0.29) is 18.1 Å². The third kappa shape index (κ3) is 3.46. The minimum atomic E-state index is -0.452. The highest BCUT2D eigenvalue weighted by molar-refractivity contribution is 5.76. The number of rotatable bonds is 4. The zero-order chi connectivity index (χ0) is 15.4. The number of benzene rings is 1. The van der Waals surface area contributed by atoms with Gasteiger partial charge in [-0.25, -0.2) is 0 Å². The molecule has 0 spiro atoms.